The van der Waals surface area contributed by atoms with Gasteiger partial charge in [-0.05, 0) is 33.0 Å². The SMILES string of the molecule is CCNC(=S)N1CCN(C(C)C)CC1. The molecule has 4 heteroatoms. The lowest BCUT2D eigenvalue weighted by Gasteiger charge is -2.38. The Kier molecular flexibility index (Phi) is 4.62. The second-order valence-electron chi connectivity index (χ2n) is 3.95. The Hall–Kier alpha value is -0.350. The van der Waals surface area contributed by atoms with Gasteiger partial charge in [-0.15, -0.1) is 0 Å². The first-order chi connectivity index (χ1) is 6.65. The fourth-order valence-electron chi connectivity index (χ4n) is 1.70. The molecule has 1 heterocycles. The Balaban J connectivity index is 2.31. The molecule has 0 unspecified atom stereocenters. The molecule has 1 aliphatic heterocycles. The summed E-state index contributed by atoms with van der Waals surface area (Å²) in [6.07, 6.45) is 0. The topological polar surface area (TPSA) is 18.5 Å². The lowest BCUT2D eigenvalue weighted by atomic mass is 10.2. The summed E-state index contributed by atoms with van der Waals surface area (Å²) in [4.78, 5) is 4.75. The predicted molar refractivity (Wildman–Crippen MR) is 64.6 cm³/mol. The minimum atomic E-state index is 0.657. The molecule has 0 aromatic carbocycles. The van der Waals surface area contributed by atoms with Crippen molar-refractivity contribution in [1.29, 1.82) is 0 Å². The number of hydrogen-bond acceptors (Lipinski definition) is 2. The molecule has 0 aromatic rings. The first-order valence-electron chi connectivity index (χ1n) is 5.42. The van der Waals surface area contributed by atoms with Crippen molar-refractivity contribution < 1.29 is 0 Å². The summed E-state index contributed by atoms with van der Waals surface area (Å²) in [6, 6.07) is 0.657. The first-order valence-corrected chi connectivity index (χ1v) is 5.82. The van der Waals surface area contributed by atoms with Crippen LogP contribution in [0.3, 0.4) is 0 Å². The van der Waals surface area contributed by atoms with E-state index in [1.165, 1.54) is 0 Å². The normalized spacial score (nSPS) is 18.7. The molecule has 1 saturated heterocycles. The van der Waals surface area contributed by atoms with E-state index in [1.807, 2.05) is 0 Å². The summed E-state index contributed by atoms with van der Waals surface area (Å²) in [5.74, 6) is 0. The number of nitrogens with zero attached hydrogens (tertiary/aromatic N) is 2. The zero-order chi connectivity index (χ0) is 10.6. The van der Waals surface area contributed by atoms with Crippen molar-refractivity contribution in [2.75, 3.05) is 32.7 Å². The maximum Gasteiger partial charge on any atom is 0.169 e. The van der Waals surface area contributed by atoms with Crippen molar-refractivity contribution >= 4 is 17.3 Å². The van der Waals surface area contributed by atoms with Gasteiger partial charge in [0.25, 0.3) is 0 Å². The van der Waals surface area contributed by atoms with Crippen molar-refractivity contribution in [3.63, 3.8) is 0 Å². The van der Waals surface area contributed by atoms with Crippen LogP contribution in [0.25, 0.3) is 0 Å². The summed E-state index contributed by atoms with van der Waals surface area (Å²) in [7, 11) is 0. The number of hydrogen-bond donors (Lipinski definition) is 1. The highest BCUT2D eigenvalue weighted by Gasteiger charge is 2.19. The lowest BCUT2D eigenvalue weighted by molar-refractivity contribution is 0.148. The highest BCUT2D eigenvalue weighted by molar-refractivity contribution is 7.80. The van der Waals surface area contributed by atoms with Crippen LogP contribution in [0.2, 0.25) is 0 Å². The first kappa shape index (κ1) is 11.7. The summed E-state index contributed by atoms with van der Waals surface area (Å²) in [5, 5.41) is 4.11. The van der Waals surface area contributed by atoms with Gasteiger partial charge in [0, 0.05) is 38.8 Å². The largest absolute Gasteiger partial charge is 0.363 e. The maximum absolute atomic E-state index is 5.27. The van der Waals surface area contributed by atoms with Gasteiger partial charge >= 0.3 is 0 Å². The van der Waals surface area contributed by atoms with Gasteiger partial charge in [0.2, 0.25) is 0 Å². The zero-order valence-electron chi connectivity index (χ0n) is 9.42. The second-order valence-corrected chi connectivity index (χ2v) is 4.34. The van der Waals surface area contributed by atoms with Crippen LogP contribution in [-0.2, 0) is 0 Å². The maximum atomic E-state index is 5.27. The van der Waals surface area contributed by atoms with Crippen LogP contribution in [0.15, 0.2) is 0 Å². The van der Waals surface area contributed by atoms with Gasteiger partial charge in [0.1, 0.15) is 0 Å². The van der Waals surface area contributed by atoms with E-state index in [0.29, 0.717) is 6.04 Å². The molecular weight excluding hydrogens is 194 g/mol. The smallest absolute Gasteiger partial charge is 0.169 e. The van der Waals surface area contributed by atoms with Crippen molar-refractivity contribution in [2.24, 2.45) is 0 Å². The van der Waals surface area contributed by atoms with Crippen molar-refractivity contribution in [1.82, 2.24) is 15.1 Å². The van der Waals surface area contributed by atoms with E-state index < -0.39 is 0 Å². The molecule has 0 atom stereocenters. The molecule has 1 fully saturated rings. The van der Waals surface area contributed by atoms with Crippen LogP contribution in [0.5, 0.6) is 0 Å². The summed E-state index contributed by atoms with van der Waals surface area (Å²) in [5.41, 5.74) is 0. The molecule has 82 valence electrons. The van der Waals surface area contributed by atoms with Gasteiger partial charge in [0.05, 0.1) is 0 Å². The second kappa shape index (κ2) is 5.51. The predicted octanol–water partition coefficient (Wildman–Crippen LogP) is 0.907. The number of rotatable bonds is 2. The van der Waals surface area contributed by atoms with Crippen molar-refractivity contribution in [2.45, 2.75) is 26.8 Å². The Morgan fingerprint density at radius 3 is 2.29 bits per heavy atom. The number of piperazine rings is 1. The van der Waals surface area contributed by atoms with E-state index in [-0.39, 0.29) is 0 Å². The van der Waals surface area contributed by atoms with E-state index in [1.54, 1.807) is 0 Å². The fraction of sp³-hybridized carbons (Fsp3) is 0.900. The van der Waals surface area contributed by atoms with Crippen molar-refractivity contribution in [3.8, 4) is 0 Å². The van der Waals surface area contributed by atoms with E-state index in [2.05, 4.69) is 35.9 Å². The zero-order valence-corrected chi connectivity index (χ0v) is 10.2. The summed E-state index contributed by atoms with van der Waals surface area (Å²) < 4.78 is 0. The number of thiocarbonyl (C=S) groups is 1. The van der Waals surface area contributed by atoms with Gasteiger partial charge < -0.3 is 10.2 Å². The molecular formula is C10H21N3S. The standard InChI is InChI=1S/C10H21N3S/c1-4-11-10(14)13-7-5-12(6-8-13)9(2)3/h9H,4-8H2,1-3H3,(H,11,14). The third kappa shape index (κ3) is 3.10. The molecule has 0 saturated carbocycles. The van der Waals surface area contributed by atoms with E-state index in [9.17, 15) is 0 Å². The van der Waals surface area contributed by atoms with Crippen LogP contribution in [0.1, 0.15) is 20.8 Å². The van der Waals surface area contributed by atoms with Crippen LogP contribution in [0, 0.1) is 0 Å². The molecule has 1 N–H and O–H groups in total. The van der Waals surface area contributed by atoms with Crippen LogP contribution < -0.4 is 5.32 Å². The summed E-state index contributed by atoms with van der Waals surface area (Å²) in [6.45, 7) is 11.9. The molecule has 0 radical (unpaired) electrons. The van der Waals surface area contributed by atoms with Crippen LogP contribution in [0.4, 0.5) is 0 Å². The van der Waals surface area contributed by atoms with E-state index >= 15 is 0 Å². The van der Waals surface area contributed by atoms with E-state index in [0.717, 1.165) is 37.8 Å². The average molecular weight is 215 g/mol. The Labute approximate surface area is 92.4 Å². The lowest BCUT2D eigenvalue weighted by Crippen LogP contribution is -2.53. The Bertz CT molecular complexity index is 186. The van der Waals surface area contributed by atoms with Gasteiger partial charge in [-0.1, -0.05) is 0 Å². The highest BCUT2D eigenvalue weighted by Crippen LogP contribution is 2.05. The minimum absolute atomic E-state index is 0.657. The highest BCUT2D eigenvalue weighted by atomic mass is 32.1. The molecule has 0 spiro atoms. The quantitative estimate of drug-likeness (QED) is 0.690. The molecule has 3 nitrogen and oxygen atoms in total. The molecule has 0 aliphatic carbocycles. The molecule has 1 aliphatic rings. The average Bonchev–Trinajstić information content (AvgIpc) is 2.18. The Morgan fingerprint density at radius 1 is 1.29 bits per heavy atom. The Morgan fingerprint density at radius 2 is 1.86 bits per heavy atom. The molecule has 0 bridgehead atoms. The number of nitrogens with one attached hydrogen (secondary N) is 1. The molecule has 0 amide bonds. The minimum Gasteiger partial charge on any atom is -0.363 e. The van der Waals surface area contributed by atoms with Crippen LogP contribution >= 0.6 is 12.2 Å². The van der Waals surface area contributed by atoms with Gasteiger partial charge in [-0.2, -0.15) is 0 Å². The molecule has 1 rings (SSSR count). The van der Waals surface area contributed by atoms with Gasteiger partial charge in [-0.25, -0.2) is 0 Å². The summed E-state index contributed by atoms with van der Waals surface area (Å²) >= 11 is 5.27. The van der Waals surface area contributed by atoms with Crippen LogP contribution in [-0.4, -0.2) is 53.7 Å². The van der Waals surface area contributed by atoms with Crippen molar-refractivity contribution in [3.05, 3.63) is 0 Å². The van der Waals surface area contributed by atoms with Gasteiger partial charge in [-0.3, -0.25) is 4.90 Å². The monoisotopic (exact) mass is 215 g/mol. The third-order valence-corrected chi connectivity index (χ3v) is 3.06. The fourth-order valence-corrected chi connectivity index (χ4v) is 2.03. The molecule has 14 heavy (non-hydrogen) atoms. The molecule has 0 aromatic heterocycles. The van der Waals surface area contributed by atoms with Gasteiger partial charge in [0.15, 0.2) is 5.11 Å². The third-order valence-electron chi connectivity index (χ3n) is 2.66. The van der Waals surface area contributed by atoms with E-state index in [4.69, 9.17) is 12.2 Å².